The monoisotopic (exact) mass is 330 g/mol. The van der Waals surface area contributed by atoms with Gasteiger partial charge in [0.2, 0.25) is 0 Å². The van der Waals surface area contributed by atoms with Crippen LogP contribution >= 0.6 is 11.6 Å². The topological polar surface area (TPSA) is 49.4 Å². The molecule has 0 radical (unpaired) electrons. The van der Waals surface area contributed by atoms with Crippen LogP contribution in [0.5, 0.6) is 0 Å². The summed E-state index contributed by atoms with van der Waals surface area (Å²) in [5, 5.41) is 1.64. The van der Waals surface area contributed by atoms with Gasteiger partial charge < -0.3 is 0 Å². The van der Waals surface area contributed by atoms with E-state index >= 15 is 0 Å². The summed E-state index contributed by atoms with van der Waals surface area (Å²) in [5.74, 6) is -1.39. The van der Waals surface area contributed by atoms with Crippen LogP contribution in [0.2, 0.25) is 5.02 Å². The van der Waals surface area contributed by atoms with Crippen molar-refractivity contribution < 1.29 is 14.0 Å². The molecule has 0 saturated carbocycles. The van der Waals surface area contributed by atoms with E-state index < -0.39 is 11.8 Å². The first-order valence-electron chi connectivity index (χ1n) is 6.84. The highest BCUT2D eigenvalue weighted by atomic mass is 35.5. The van der Waals surface area contributed by atoms with Gasteiger partial charge in [-0.15, -0.1) is 0 Å². The Kier molecular flexibility index (Phi) is 3.88. The Hall–Kier alpha value is -2.66. The van der Waals surface area contributed by atoms with Crippen molar-refractivity contribution in [3.8, 4) is 0 Å². The minimum absolute atomic E-state index is 0.0201. The summed E-state index contributed by atoms with van der Waals surface area (Å²) in [6.07, 6.45) is 1.42. The predicted molar refractivity (Wildman–Crippen MR) is 86.2 cm³/mol. The van der Waals surface area contributed by atoms with Gasteiger partial charge in [0.25, 0.3) is 11.8 Å². The van der Waals surface area contributed by atoms with E-state index in [2.05, 4.69) is 5.43 Å². The molecule has 0 aliphatic carbocycles. The van der Waals surface area contributed by atoms with E-state index in [1.807, 2.05) is 6.92 Å². The highest BCUT2D eigenvalue weighted by molar-refractivity contribution is 6.33. The molecule has 23 heavy (non-hydrogen) atoms. The van der Waals surface area contributed by atoms with Crippen molar-refractivity contribution in [1.29, 1.82) is 0 Å². The quantitative estimate of drug-likeness (QED) is 0.679. The SMILES string of the molecule is Cc1ccc(N2NC(=O)/C(=C\c3ccc(F)cc3)C2=O)cc1Cl. The molecule has 2 aromatic rings. The third kappa shape index (κ3) is 2.96. The van der Waals surface area contributed by atoms with Crippen molar-refractivity contribution in [2.24, 2.45) is 0 Å². The lowest BCUT2D eigenvalue weighted by atomic mass is 10.1. The molecule has 0 atom stereocenters. The number of aryl methyl sites for hydroxylation is 1. The summed E-state index contributed by atoms with van der Waals surface area (Å²) < 4.78 is 12.9. The standard InChI is InChI=1S/C17H12ClFN2O2/c1-10-2-7-13(9-15(10)18)21-17(23)14(16(22)20-21)8-11-3-5-12(19)6-4-11/h2-9H,1H3,(H,20,22)/b14-8+. The zero-order chi connectivity index (χ0) is 16.6. The Balaban J connectivity index is 1.93. The molecular weight excluding hydrogens is 319 g/mol. The number of nitrogens with zero attached hydrogens (tertiary/aromatic N) is 1. The minimum atomic E-state index is -0.518. The molecule has 4 nitrogen and oxygen atoms in total. The Morgan fingerprint density at radius 3 is 2.48 bits per heavy atom. The number of amides is 2. The number of carbonyl (C=O) groups excluding carboxylic acids is 2. The van der Waals surface area contributed by atoms with Gasteiger partial charge >= 0.3 is 0 Å². The van der Waals surface area contributed by atoms with Gasteiger partial charge in [-0.1, -0.05) is 29.8 Å². The van der Waals surface area contributed by atoms with Crippen molar-refractivity contribution in [2.75, 3.05) is 5.01 Å². The van der Waals surface area contributed by atoms with Crippen LogP contribution in [0.1, 0.15) is 11.1 Å². The van der Waals surface area contributed by atoms with Crippen LogP contribution in [0.4, 0.5) is 10.1 Å². The molecular formula is C17H12ClFN2O2. The molecule has 1 heterocycles. The van der Waals surface area contributed by atoms with E-state index in [0.717, 1.165) is 10.6 Å². The van der Waals surface area contributed by atoms with Crippen molar-refractivity contribution in [3.63, 3.8) is 0 Å². The maximum absolute atomic E-state index is 12.9. The summed E-state index contributed by atoms with van der Waals surface area (Å²) in [5.41, 5.74) is 4.38. The van der Waals surface area contributed by atoms with E-state index in [1.165, 1.54) is 30.3 Å². The second-order valence-corrected chi connectivity index (χ2v) is 5.53. The molecule has 3 rings (SSSR count). The summed E-state index contributed by atoms with van der Waals surface area (Å²) in [6, 6.07) is 10.6. The lowest BCUT2D eigenvalue weighted by molar-refractivity contribution is -0.117. The van der Waals surface area contributed by atoms with E-state index in [0.29, 0.717) is 16.3 Å². The van der Waals surface area contributed by atoms with E-state index in [1.54, 1.807) is 18.2 Å². The van der Waals surface area contributed by atoms with Crippen LogP contribution in [0.15, 0.2) is 48.0 Å². The first-order valence-corrected chi connectivity index (χ1v) is 7.22. The molecule has 0 unspecified atom stereocenters. The number of carbonyl (C=O) groups is 2. The van der Waals surface area contributed by atoms with Gasteiger partial charge in [0, 0.05) is 5.02 Å². The number of benzene rings is 2. The van der Waals surface area contributed by atoms with Crippen molar-refractivity contribution in [3.05, 3.63) is 70.0 Å². The molecule has 0 spiro atoms. The summed E-state index contributed by atoms with van der Waals surface area (Å²) in [4.78, 5) is 24.5. The maximum Gasteiger partial charge on any atom is 0.282 e. The van der Waals surface area contributed by atoms with Gasteiger partial charge in [-0.05, 0) is 48.4 Å². The molecule has 1 aliphatic rings. The van der Waals surface area contributed by atoms with E-state index in [9.17, 15) is 14.0 Å². The van der Waals surface area contributed by atoms with Crippen LogP contribution in [-0.4, -0.2) is 11.8 Å². The largest absolute Gasteiger partial charge is 0.282 e. The average molecular weight is 331 g/mol. The normalized spacial score (nSPS) is 16.1. The Labute approximate surface area is 137 Å². The maximum atomic E-state index is 12.9. The molecule has 1 N–H and O–H groups in total. The first-order chi connectivity index (χ1) is 11.0. The number of hydrazine groups is 1. The van der Waals surface area contributed by atoms with Gasteiger partial charge in [0.05, 0.1) is 5.69 Å². The molecule has 1 fully saturated rings. The Morgan fingerprint density at radius 1 is 1.13 bits per heavy atom. The molecule has 2 amide bonds. The third-order valence-electron chi connectivity index (χ3n) is 3.49. The fraction of sp³-hybridized carbons (Fsp3) is 0.0588. The highest BCUT2D eigenvalue weighted by Gasteiger charge is 2.34. The van der Waals surface area contributed by atoms with Gasteiger partial charge in [-0.2, -0.15) is 0 Å². The van der Waals surface area contributed by atoms with Gasteiger partial charge in [0.15, 0.2) is 0 Å². The van der Waals surface area contributed by atoms with Crippen LogP contribution in [-0.2, 0) is 9.59 Å². The van der Waals surface area contributed by atoms with Crippen molar-refractivity contribution >= 4 is 35.2 Å². The predicted octanol–water partition coefficient (Wildman–Crippen LogP) is 3.25. The van der Waals surface area contributed by atoms with Crippen LogP contribution < -0.4 is 10.4 Å². The fourth-order valence-electron chi connectivity index (χ4n) is 2.19. The molecule has 0 bridgehead atoms. The first kappa shape index (κ1) is 15.2. The number of rotatable bonds is 2. The minimum Gasteiger partial charge on any atom is -0.267 e. The van der Waals surface area contributed by atoms with Gasteiger partial charge in [0.1, 0.15) is 11.4 Å². The Morgan fingerprint density at radius 2 is 1.83 bits per heavy atom. The second kappa shape index (κ2) is 5.85. The van der Waals surface area contributed by atoms with Crippen LogP contribution in [0, 0.1) is 12.7 Å². The number of anilines is 1. The summed E-state index contributed by atoms with van der Waals surface area (Å²) in [6.45, 7) is 1.84. The fourth-order valence-corrected chi connectivity index (χ4v) is 2.36. The van der Waals surface area contributed by atoms with E-state index in [-0.39, 0.29) is 11.4 Å². The number of nitrogens with one attached hydrogen (secondary N) is 1. The lowest BCUT2D eigenvalue weighted by Crippen LogP contribution is -2.35. The zero-order valence-electron chi connectivity index (χ0n) is 12.1. The van der Waals surface area contributed by atoms with Crippen LogP contribution in [0.25, 0.3) is 6.08 Å². The molecule has 2 aromatic carbocycles. The summed E-state index contributed by atoms with van der Waals surface area (Å²) in [7, 11) is 0. The van der Waals surface area contributed by atoms with Crippen molar-refractivity contribution in [2.45, 2.75) is 6.92 Å². The molecule has 0 aromatic heterocycles. The third-order valence-corrected chi connectivity index (χ3v) is 3.89. The number of halogens is 2. The average Bonchev–Trinajstić information content (AvgIpc) is 2.80. The van der Waals surface area contributed by atoms with Gasteiger partial charge in [-0.3, -0.25) is 15.0 Å². The van der Waals surface area contributed by atoms with Crippen LogP contribution in [0.3, 0.4) is 0 Å². The van der Waals surface area contributed by atoms with Crippen molar-refractivity contribution in [1.82, 2.24) is 5.43 Å². The smallest absolute Gasteiger partial charge is 0.267 e. The second-order valence-electron chi connectivity index (χ2n) is 5.12. The zero-order valence-corrected chi connectivity index (χ0v) is 12.9. The molecule has 6 heteroatoms. The van der Waals surface area contributed by atoms with Gasteiger partial charge in [-0.25, -0.2) is 9.40 Å². The number of hydrogen-bond acceptors (Lipinski definition) is 2. The van der Waals surface area contributed by atoms with E-state index in [4.69, 9.17) is 11.6 Å². The molecule has 1 saturated heterocycles. The number of hydrogen-bond donors (Lipinski definition) is 1. The highest BCUT2D eigenvalue weighted by Crippen LogP contribution is 2.26. The summed E-state index contributed by atoms with van der Waals surface area (Å²) >= 11 is 6.06. The Bertz CT molecular complexity index is 831. The molecule has 1 aliphatic heterocycles. The lowest BCUT2D eigenvalue weighted by Gasteiger charge is -2.15. The molecule has 116 valence electrons.